The molecule has 9 nitrogen and oxygen atoms in total. The van der Waals surface area contributed by atoms with Crippen LogP contribution >= 0.6 is 0 Å². The molecule has 3 amide bonds. The molecule has 0 unspecified atom stereocenters. The van der Waals surface area contributed by atoms with Crippen molar-refractivity contribution in [3.8, 4) is 0 Å². The Kier molecular flexibility index (Phi) is 7.22. The normalized spacial score (nSPS) is 16.9. The minimum Gasteiger partial charge on any atom is -0.452 e. The van der Waals surface area contributed by atoms with E-state index in [-0.39, 0.29) is 42.7 Å². The van der Waals surface area contributed by atoms with Gasteiger partial charge in [-0.05, 0) is 36.8 Å². The number of benzene rings is 2. The van der Waals surface area contributed by atoms with Crippen LogP contribution in [-0.4, -0.2) is 66.3 Å². The van der Waals surface area contributed by atoms with Gasteiger partial charge in [-0.2, -0.15) is 0 Å². The lowest BCUT2D eigenvalue weighted by Gasteiger charge is -2.34. The molecule has 0 bridgehead atoms. The Bertz CT molecular complexity index is 1080. The van der Waals surface area contributed by atoms with Crippen molar-refractivity contribution in [2.75, 3.05) is 37.8 Å². The zero-order chi connectivity index (χ0) is 24.1. The molecule has 2 fully saturated rings. The summed E-state index contributed by atoms with van der Waals surface area (Å²) >= 11 is 0. The molecule has 2 heterocycles. The molecule has 1 N–H and O–H groups in total. The van der Waals surface area contributed by atoms with E-state index in [1.165, 1.54) is 28.3 Å². The van der Waals surface area contributed by atoms with E-state index >= 15 is 0 Å². The number of aryl methyl sites for hydroxylation is 1. The van der Waals surface area contributed by atoms with Crippen LogP contribution in [-0.2, 0) is 25.7 Å². The van der Waals surface area contributed by atoms with Crippen molar-refractivity contribution < 1.29 is 23.9 Å². The number of rotatable bonds is 6. The van der Waals surface area contributed by atoms with Crippen molar-refractivity contribution in [3.05, 3.63) is 65.2 Å². The Morgan fingerprint density at radius 2 is 1.71 bits per heavy atom. The van der Waals surface area contributed by atoms with Crippen LogP contribution in [0.3, 0.4) is 0 Å². The standard InChI is InChI=1S/C25H28N4O5/c1-18-3-2-4-19(15-18)16-27-11-13-28(14-12-27)24(32)17-34-25(33)20-5-7-21(8-6-20)29-23(31)10-9-22(30)26-29/h2-8,15H,9-14,16-17H2,1H3,(H,26,30). The van der Waals surface area contributed by atoms with E-state index in [9.17, 15) is 19.2 Å². The number of anilines is 1. The van der Waals surface area contributed by atoms with E-state index in [4.69, 9.17) is 4.74 Å². The molecular weight excluding hydrogens is 436 g/mol. The van der Waals surface area contributed by atoms with Crippen molar-refractivity contribution >= 4 is 29.4 Å². The summed E-state index contributed by atoms with van der Waals surface area (Å²) in [5, 5.41) is 1.17. The first kappa shape index (κ1) is 23.4. The summed E-state index contributed by atoms with van der Waals surface area (Å²) in [5.41, 5.74) is 5.70. The third-order valence-electron chi connectivity index (χ3n) is 5.95. The van der Waals surface area contributed by atoms with Gasteiger partial charge >= 0.3 is 5.97 Å². The minimum absolute atomic E-state index is 0.137. The number of hydrazine groups is 1. The van der Waals surface area contributed by atoms with Crippen LogP contribution in [0.2, 0.25) is 0 Å². The molecule has 0 atom stereocenters. The topological polar surface area (TPSA) is 99.3 Å². The van der Waals surface area contributed by atoms with Crippen molar-refractivity contribution in [1.82, 2.24) is 15.2 Å². The predicted octanol–water partition coefficient (Wildman–Crippen LogP) is 1.65. The molecule has 34 heavy (non-hydrogen) atoms. The molecule has 0 aliphatic carbocycles. The molecule has 0 aromatic heterocycles. The second-order valence-electron chi connectivity index (χ2n) is 8.53. The minimum atomic E-state index is -0.619. The van der Waals surface area contributed by atoms with Gasteiger partial charge in [-0.1, -0.05) is 29.8 Å². The van der Waals surface area contributed by atoms with Crippen molar-refractivity contribution in [2.45, 2.75) is 26.3 Å². The molecule has 0 spiro atoms. The van der Waals surface area contributed by atoms with E-state index in [2.05, 4.69) is 41.5 Å². The lowest BCUT2D eigenvalue weighted by Crippen LogP contribution is -2.50. The third-order valence-corrected chi connectivity index (χ3v) is 5.95. The highest BCUT2D eigenvalue weighted by Crippen LogP contribution is 2.18. The first-order chi connectivity index (χ1) is 16.4. The maximum Gasteiger partial charge on any atom is 0.338 e. The fourth-order valence-electron chi connectivity index (χ4n) is 4.06. The van der Waals surface area contributed by atoms with E-state index < -0.39 is 5.97 Å². The monoisotopic (exact) mass is 464 g/mol. The van der Waals surface area contributed by atoms with E-state index in [1.54, 1.807) is 17.0 Å². The lowest BCUT2D eigenvalue weighted by molar-refractivity contribution is -0.136. The maximum atomic E-state index is 12.5. The largest absolute Gasteiger partial charge is 0.452 e. The van der Waals surface area contributed by atoms with Crippen LogP contribution in [0, 0.1) is 6.92 Å². The number of esters is 1. The number of amides is 3. The van der Waals surface area contributed by atoms with Gasteiger partial charge < -0.3 is 9.64 Å². The van der Waals surface area contributed by atoms with Gasteiger partial charge in [-0.25, -0.2) is 9.80 Å². The molecule has 2 aliphatic rings. The number of carbonyl (C=O) groups excluding carboxylic acids is 4. The summed E-state index contributed by atoms with van der Waals surface area (Å²) in [6.45, 7) is 5.31. The molecule has 178 valence electrons. The van der Waals surface area contributed by atoms with Crippen LogP contribution in [0.15, 0.2) is 48.5 Å². The average molecular weight is 465 g/mol. The highest BCUT2D eigenvalue weighted by atomic mass is 16.5. The number of hydrogen-bond acceptors (Lipinski definition) is 6. The molecule has 9 heteroatoms. The van der Waals surface area contributed by atoms with Gasteiger partial charge in [0.1, 0.15) is 0 Å². The van der Waals surface area contributed by atoms with Crippen molar-refractivity contribution in [3.63, 3.8) is 0 Å². The number of carbonyl (C=O) groups is 4. The summed E-state index contributed by atoms with van der Waals surface area (Å²) in [6.07, 6.45) is 0.299. The summed E-state index contributed by atoms with van der Waals surface area (Å²) in [4.78, 5) is 52.4. The number of ether oxygens (including phenoxy) is 1. The van der Waals surface area contributed by atoms with Gasteiger partial charge in [0, 0.05) is 45.6 Å². The third kappa shape index (κ3) is 5.79. The summed E-state index contributed by atoms with van der Waals surface area (Å²) < 4.78 is 5.21. The van der Waals surface area contributed by atoms with E-state index in [0.717, 1.165) is 19.6 Å². The van der Waals surface area contributed by atoms with Crippen molar-refractivity contribution in [2.24, 2.45) is 0 Å². The molecule has 0 radical (unpaired) electrons. The lowest BCUT2D eigenvalue weighted by atomic mass is 10.1. The number of nitrogens with one attached hydrogen (secondary N) is 1. The Labute approximate surface area is 198 Å². The average Bonchev–Trinajstić information content (AvgIpc) is 2.84. The quantitative estimate of drug-likeness (QED) is 0.653. The van der Waals surface area contributed by atoms with Crippen molar-refractivity contribution in [1.29, 1.82) is 0 Å². The maximum absolute atomic E-state index is 12.5. The van der Waals surface area contributed by atoms with Crippen LogP contribution in [0.1, 0.15) is 34.3 Å². The van der Waals surface area contributed by atoms with Crippen LogP contribution in [0.5, 0.6) is 0 Å². The summed E-state index contributed by atoms with van der Waals surface area (Å²) in [6, 6.07) is 14.5. The SMILES string of the molecule is Cc1cccc(CN2CCN(C(=O)COC(=O)c3ccc(N4NC(=O)CCC4=O)cc3)CC2)c1. The molecule has 0 saturated carbocycles. The number of piperazine rings is 1. The van der Waals surface area contributed by atoms with Gasteiger partial charge in [-0.15, -0.1) is 0 Å². The van der Waals surface area contributed by atoms with E-state index in [0.29, 0.717) is 18.8 Å². The van der Waals surface area contributed by atoms with E-state index in [1.807, 2.05) is 0 Å². The smallest absolute Gasteiger partial charge is 0.338 e. The zero-order valence-electron chi connectivity index (χ0n) is 19.2. The second-order valence-corrected chi connectivity index (χ2v) is 8.53. The fourth-order valence-corrected chi connectivity index (χ4v) is 4.06. The fraction of sp³-hybridized carbons (Fsp3) is 0.360. The second kappa shape index (κ2) is 10.5. The van der Waals surface area contributed by atoms with Gasteiger partial charge in [0.2, 0.25) is 11.8 Å². The molecule has 2 aliphatic heterocycles. The van der Waals surface area contributed by atoms with Crippen LogP contribution in [0.4, 0.5) is 5.69 Å². The zero-order valence-corrected chi connectivity index (χ0v) is 19.2. The van der Waals surface area contributed by atoms with Gasteiger partial charge in [0.05, 0.1) is 11.3 Å². The Hall–Kier alpha value is -3.72. The Balaban J connectivity index is 1.23. The highest BCUT2D eigenvalue weighted by molar-refractivity contribution is 6.01. The summed E-state index contributed by atoms with van der Waals surface area (Å²) in [7, 11) is 0. The Morgan fingerprint density at radius 1 is 0.971 bits per heavy atom. The molecule has 4 rings (SSSR count). The molecule has 2 saturated heterocycles. The predicted molar refractivity (Wildman–Crippen MR) is 125 cm³/mol. The van der Waals surface area contributed by atoms with Crippen LogP contribution < -0.4 is 10.4 Å². The molecule has 2 aromatic rings. The Morgan fingerprint density at radius 3 is 2.41 bits per heavy atom. The van der Waals surface area contributed by atoms with Gasteiger partial charge in [0.25, 0.3) is 5.91 Å². The van der Waals surface area contributed by atoms with Crippen LogP contribution in [0.25, 0.3) is 0 Å². The summed E-state index contributed by atoms with van der Waals surface area (Å²) in [5.74, 6) is -1.30. The highest BCUT2D eigenvalue weighted by Gasteiger charge is 2.25. The first-order valence-corrected chi connectivity index (χ1v) is 11.3. The molecule has 2 aromatic carbocycles. The van der Waals surface area contributed by atoms with Gasteiger partial charge in [0.15, 0.2) is 6.61 Å². The molecular formula is C25H28N4O5. The number of hydrogen-bond donors (Lipinski definition) is 1. The number of nitrogens with zero attached hydrogens (tertiary/aromatic N) is 3. The first-order valence-electron chi connectivity index (χ1n) is 11.3. The van der Waals surface area contributed by atoms with Gasteiger partial charge in [-0.3, -0.25) is 24.7 Å².